The molecule has 5 nitrogen and oxygen atoms in total. The predicted molar refractivity (Wildman–Crippen MR) is 86.1 cm³/mol. The Hall–Kier alpha value is -2.30. The zero-order valence-electron chi connectivity index (χ0n) is 13.4. The molecular formula is C17H23N3O2. The summed E-state index contributed by atoms with van der Waals surface area (Å²) in [4.78, 5) is 11.9. The van der Waals surface area contributed by atoms with Gasteiger partial charge >= 0.3 is 0 Å². The number of carbonyl (C=O) groups is 1. The first-order valence-corrected chi connectivity index (χ1v) is 7.50. The van der Waals surface area contributed by atoms with Crippen molar-refractivity contribution in [3.8, 4) is 5.75 Å². The lowest BCUT2D eigenvalue weighted by Gasteiger charge is -2.06. The van der Waals surface area contributed by atoms with Crippen LogP contribution in [0.2, 0.25) is 0 Å². The van der Waals surface area contributed by atoms with Gasteiger partial charge in [-0.3, -0.25) is 9.89 Å². The van der Waals surface area contributed by atoms with Gasteiger partial charge in [-0.15, -0.1) is 0 Å². The van der Waals surface area contributed by atoms with Crippen LogP contribution >= 0.6 is 0 Å². The van der Waals surface area contributed by atoms with Gasteiger partial charge in [0.25, 0.3) is 0 Å². The Morgan fingerprint density at radius 1 is 1.23 bits per heavy atom. The van der Waals surface area contributed by atoms with Crippen molar-refractivity contribution in [2.45, 2.75) is 33.1 Å². The standard InChI is InChI=1S/C17H23N3O2/c1-12-16(13(2)20-19-12)8-9-17(21)18-11-10-14-4-6-15(22-3)7-5-14/h4-7H,8-11H2,1-3H3,(H,18,21)(H,19,20). The number of methoxy groups -OCH3 is 1. The molecule has 0 unspecified atom stereocenters. The van der Waals surface area contributed by atoms with Crippen molar-refractivity contribution in [1.82, 2.24) is 15.5 Å². The minimum atomic E-state index is 0.0773. The van der Waals surface area contributed by atoms with Gasteiger partial charge in [0.2, 0.25) is 5.91 Å². The molecule has 0 aliphatic rings. The summed E-state index contributed by atoms with van der Waals surface area (Å²) in [6, 6.07) is 7.90. The van der Waals surface area contributed by atoms with E-state index < -0.39 is 0 Å². The van der Waals surface area contributed by atoms with Gasteiger partial charge in [0, 0.05) is 18.7 Å². The highest BCUT2D eigenvalue weighted by molar-refractivity contribution is 5.76. The topological polar surface area (TPSA) is 67.0 Å². The van der Waals surface area contributed by atoms with E-state index in [0.29, 0.717) is 13.0 Å². The molecule has 0 saturated carbocycles. The van der Waals surface area contributed by atoms with Crippen LogP contribution in [0.3, 0.4) is 0 Å². The summed E-state index contributed by atoms with van der Waals surface area (Å²) in [5.74, 6) is 0.923. The second-order valence-electron chi connectivity index (χ2n) is 5.36. The number of aryl methyl sites for hydroxylation is 2. The van der Waals surface area contributed by atoms with E-state index in [4.69, 9.17) is 4.74 Å². The Kier molecular flexibility index (Phi) is 5.58. The number of aromatic amines is 1. The number of nitrogens with one attached hydrogen (secondary N) is 2. The molecule has 0 aliphatic carbocycles. The number of carbonyl (C=O) groups excluding carboxylic acids is 1. The van der Waals surface area contributed by atoms with E-state index in [9.17, 15) is 4.79 Å². The average Bonchev–Trinajstić information content (AvgIpc) is 2.84. The first-order valence-electron chi connectivity index (χ1n) is 7.50. The Morgan fingerprint density at radius 2 is 1.95 bits per heavy atom. The lowest BCUT2D eigenvalue weighted by atomic mass is 10.1. The van der Waals surface area contributed by atoms with E-state index in [2.05, 4.69) is 15.5 Å². The first-order chi connectivity index (χ1) is 10.6. The second kappa shape index (κ2) is 7.64. The zero-order chi connectivity index (χ0) is 15.9. The number of H-pyrrole nitrogens is 1. The lowest BCUT2D eigenvalue weighted by molar-refractivity contribution is -0.121. The highest BCUT2D eigenvalue weighted by Gasteiger charge is 2.08. The molecule has 0 fully saturated rings. The maximum Gasteiger partial charge on any atom is 0.220 e. The van der Waals surface area contributed by atoms with E-state index in [1.807, 2.05) is 38.1 Å². The van der Waals surface area contributed by atoms with Crippen molar-refractivity contribution < 1.29 is 9.53 Å². The van der Waals surface area contributed by atoms with E-state index in [0.717, 1.165) is 35.5 Å². The summed E-state index contributed by atoms with van der Waals surface area (Å²) in [5.41, 5.74) is 4.35. The third-order valence-corrected chi connectivity index (χ3v) is 3.78. The van der Waals surface area contributed by atoms with Crippen molar-refractivity contribution in [1.29, 1.82) is 0 Å². The smallest absolute Gasteiger partial charge is 0.220 e. The Labute approximate surface area is 131 Å². The number of benzene rings is 1. The van der Waals surface area contributed by atoms with Gasteiger partial charge < -0.3 is 10.1 Å². The normalized spacial score (nSPS) is 10.5. The third-order valence-electron chi connectivity index (χ3n) is 3.78. The predicted octanol–water partition coefficient (Wildman–Crippen LogP) is 2.33. The fraction of sp³-hybridized carbons (Fsp3) is 0.412. The molecular weight excluding hydrogens is 278 g/mol. The van der Waals surface area contributed by atoms with Gasteiger partial charge in [0.1, 0.15) is 5.75 Å². The van der Waals surface area contributed by atoms with Crippen molar-refractivity contribution in [2.75, 3.05) is 13.7 Å². The van der Waals surface area contributed by atoms with Crippen LogP contribution in [0.1, 0.15) is 28.9 Å². The number of hydrogen-bond donors (Lipinski definition) is 2. The molecule has 118 valence electrons. The van der Waals surface area contributed by atoms with Crippen molar-refractivity contribution in [3.63, 3.8) is 0 Å². The van der Waals surface area contributed by atoms with Crippen LogP contribution in [0.4, 0.5) is 0 Å². The van der Waals surface area contributed by atoms with Gasteiger partial charge in [-0.1, -0.05) is 12.1 Å². The Balaban J connectivity index is 1.71. The molecule has 1 aromatic heterocycles. The van der Waals surface area contributed by atoms with Gasteiger partial charge in [-0.2, -0.15) is 5.10 Å². The molecule has 0 atom stereocenters. The van der Waals surface area contributed by atoms with Crippen LogP contribution in [0.25, 0.3) is 0 Å². The maximum absolute atomic E-state index is 11.9. The molecule has 2 rings (SSSR count). The molecule has 0 radical (unpaired) electrons. The third kappa shape index (κ3) is 4.35. The number of rotatable bonds is 7. The largest absolute Gasteiger partial charge is 0.497 e. The van der Waals surface area contributed by atoms with Crippen LogP contribution < -0.4 is 10.1 Å². The molecule has 22 heavy (non-hydrogen) atoms. The second-order valence-corrected chi connectivity index (χ2v) is 5.36. The number of ether oxygens (including phenoxy) is 1. The summed E-state index contributed by atoms with van der Waals surface area (Å²) in [5, 5.41) is 10.0. The van der Waals surface area contributed by atoms with E-state index in [1.165, 1.54) is 5.56 Å². The maximum atomic E-state index is 11.9. The van der Waals surface area contributed by atoms with Crippen LogP contribution in [-0.2, 0) is 17.6 Å². The van der Waals surface area contributed by atoms with Gasteiger partial charge in [-0.05, 0) is 49.9 Å². The molecule has 0 bridgehead atoms. The zero-order valence-corrected chi connectivity index (χ0v) is 13.4. The molecule has 2 aromatic rings. The fourth-order valence-electron chi connectivity index (χ4n) is 2.41. The minimum Gasteiger partial charge on any atom is -0.497 e. The van der Waals surface area contributed by atoms with Crippen molar-refractivity contribution in [2.24, 2.45) is 0 Å². The molecule has 5 heteroatoms. The number of hydrogen-bond acceptors (Lipinski definition) is 3. The molecule has 1 heterocycles. The van der Waals surface area contributed by atoms with Crippen LogP contribution in [0.5, 0.6) is 5.75 Å². The summed E-state index contributed by atoms with van der Waals surface area (Å²) in [6.07, 6.45) is 2.03. The molecule has 1 amide bonds. The highest BCUT2D eigenvalue weighted by atomic mass is 16.5. The quantitative estimate of drug-likeness (QED) is 0.825. The van der Waals surface area contributed by atoms with Gasteiger partial charge in [0.05, 0.1) is 12.8 Å². The average molecular weight is 301 g/mol. The van der Waals surface area contributed by atoms with Crippen LogP contribution in [0, 0.1) is 13.8 Å². The van der Waals surface area contributed by atoms with Crippen molar-refractivity contribution in [3.05, 3.63) is 46.8 Å². The minimum absolute atomic E-state index is 0.0773. The molecule has 2 N–H and O–H groups in total. The monoisotopic (exact) mass is 301 g/mol. The van der Waals surface area contributed by atoms with Crippen molar-refractivity contribution >= 4 is 5.91 Å². The summed E-state index contributed by atoms with van der Waals surface area (Å²) < 4.78 is 5.12. The van der Waals surface area contributed by atoms with Gasteiger partial charge in [0.15, 0.2) is 0 Å². The summed E-state index contributed by atoms with van der Waals surface area (Å²) in [7, 11) is 1.65. The SMILES string of the molecule is COc1ccc(CCNC(=O)CCc2c(C)n[nH]c2C)cc1. The van der Waals surface area contributed by atoms with Crippen LogP contribution in [0.15, 0.2) is 24.3 Å². The first kappa shape index (κ1) is 16.1. The summed E-state index contributed by atoms with van der Waals surface area (Å²) in [6.45, 7) is 4.59. The number of aromatic nitrogens is 2. The molecule has 0 aliphatic heterocycles. The van der Waals surface area contributed by atoms with E-state index in [-0.39, 0.29) is 5.91 Å². The fourth-order valence-corrected chi connectivity index (χ4v) is 2.41. The molecule has 1 aromatic carbocycles. The van der Waals surface area contributed by atoms with E-state index >= 15 is 0 Å². The van der Waals surface area contributed by atoms with E-state index in [1.54, 1.807) is 7.11 Å². The Bertz CT molecular complexity index is 598. The number of nitrogens with zero attached hydrogens (tertiary/aromatic N) is 1. The van der Waals surface area contributed by atoms with Crippen LogP contribution in [-0.4, -0.2) is 29.8 Å². The molecule has 0 saturated heterocycles. The lowest BCUT2D eigenvalue weighted by Crippen LogP contribution is -2.25. The Morgan fingerprint density at radius 3 is 2.55 bits per heavy atom. The number of amides is 1. The molecule has 0 spiro atoms. The summed E-state index contributed by atoms with van der Waals surface area (Å²) >= 11 is 0. The highest BCUT2D eigenvalue weighted by Crippen LogP contribution is 2.12. The van der Waals surface area contributed by atoms with Gasteiger partial charge in [-0.25, -0.2) is 0 Å².